The molecule has 0 unspecified atom stereocenters. The fourth-order valence-corrected chi connectivity index (χ4v) is 3.50. The second-order valence-corrected chi connectivity index (χ2v) is 9.00. The summed E-state index contributed by atoms with van der Waals surface area (Å²) in [4.78, 5) is 48.9. The lowest BCUT2D eigenvalue weighted by Crippen LogP contribution is -2.50. The molecule has 0 radical (unpaired) electrons. The van der Waals surface area contributed by atoms with E-state index >= 15 is 0 Å². The highest BCUT2D eigenvalue weighted by Crippen LogP contribution is 2.36. The number of carbonyl (C=O) groups is 4. The molecule has 1 saturated heterocycles. The summed E-state index contributed by atoms with van der Waals surface area (Å²) in [6, 6.07) is -0.929. The fourth-order valence-electron chi connectivity index (χ4n) is 3.50. The van der Waals surface area contributed by atoms with Crippen molar-refractivity contribution in [3.63, 3.8) is 0 Å². The summed E-state index contributed by atoms with van der Waals surface area (Å²) in [7, 11) is 0. The molecule has 0 aromatic carbocycles. The van der Waals surface area contributed by atoms with Crippen molar-refractivity contribution in [2.45, 2.75) is 77.4 Å². The maximum absolute atomic E-state index is 12.8. The van der Waals surface area contributed by atoms with E-state index < -0.39 is 29.4 Å². The average Bonchev–Trinajstić information content (AvgIpc) is 3.37. The highest BCUT2D eigenvalue weighted by Gasteiger charge is 2.35. The van der Waals surface area contributed by atoms with Gasteiger partial charge in [-0.25, -0.2) is 0 Å². The number of primary amides is 1. The molecule has 0 spiro atoms. The summed E-state index contributed by atoms with van der Waals surface area (Å²) < 4.78 is 5.34. The molecule has 3 atom stereocenters. The number of esters is 1. The number of amides is 3. The molecule has 3 amide bonds. The molecule has 1 aliphatic carbocycles. The Morgan fingerprint density at radius 3 is 2.43 bits per heavy atom. The molecule has 28 heavy (non-hydrogen) atoms. The summed E-state index contributed by atoms with van der Waals surface area (Å²) in [5.74, 6) is -2.09. The van der Waals surface area contributed by atoms with Gasteiger partial charge < -0.3 is 21.1 Å². The predicted molar refractivity (Wildman–Crippen MR) is 103 cm³/mol. The molecule has 2 fully saturated rings. The van der Waals surface area contributed by atoms with Crippen molar-refractivity contribution < 1.29 is 23.9 Å². The van der Waals surface area contributed by atoms with E-state index in [0.717, 1.165) is 19.3 Å². The maximum atomic E-state index is 12.8. The third-order valence-corrected chi connectivity index (χ3v) is 5.10. The monoisotopic (exact) mass is 395 g/mol. The molecule has 8 nitrogen and oxygen atoms in total. The van der Waals surface area contributed by atoms with Gasteiger partial charge in [-0.05, 0) is 52.4 Å². The average molecular weight is 396 g/mol. The van der Waals surface area contributed by atoms with E-state index in [1.807, 2.05) is 0 Å². The van der Waals surface area contributed by atoms with Crippen molar-refractivity contribution in [1.82, 2.24) is 10.6 Å². The second-order valence-electron chi connectivity index (χ2n) is 9.00. The lowest BCUT2D eigenvalue weighted by atomic mass is 9.90. The Balaban J connectivity index is 1.98. The molecule has 0 aromatic rings. The van der Waals surface area contributed by atoms with E-state index in [1.54, 1.807) is 20.8 Å². The number of hydrogen-bond acceptors (Lipinski definition) is 5. The summed E-state index contributed by atoms with van der Waals surface area (Å²) in [5.41, 5.74) is 4.85. The van der Waals surface area contributed by atoms with E-state index in [1.165, 1.54) is 0 Å². The van der Waals surface area contributed by atoms with Crippen LogP contribution in [0.25, 0.3) is 0 Å². The van der Waals surface area contributed by atoms with E-state index in [4.69, 9.17) is 10.5 Å². The molecule has 0 bridgehead atoms. The first kappa shape index (κ1) is 22.2. The van der Waals surface area contributed by atoms with Gasteiger partial charge >= 0.3 is 5.97 Å². The minimum Gasteiger partial charge on any atom is -0.460 e. The molecule has 8 heteroatoms. The Morgan fingerprint density at radius 2 is 1.89 bits per heavy atom. The minimum absolute atomic E-state index is 0.0327. The molecule has 0 aromatic heterocycles. The van der Waals surface area contributed by atoms with Gasteiger partial charge in [-0.3, -0.25) is 19.2 Å². The smallest absolute Gasteiger partial charge is 0.307 e. The standard InChI is InChI=1S/C20H33N3O5/c1-20(2,3)28-16(24)11-14(9-12-6-7-12)19(27)23-15(17(21)25)10-13-5-4-8-22-18(13)26/h12-15H,4-11H2,1-3H3,(H2,21,25)(H,22,26)(H,23,27)/t13-,14+,15-/m0/s1. The summed E-state index contributed by atoms with van der Waals surface area (Å²) in [5, 5.41) is 5.45. The van der Waals surface area contributed by atoms with Crippen LogP contribution in [0, 0.1) is 17.8 Å². The van der Waals surface area contributed by atoms with Crippen LogP contribution in [0.15, 0.2) is 0 Å². The Hall–Kier alpha value is -2.12. The Morgan fingerprint density at radius 1 is 1.21 bits per heavy atom. The second kappa shape index (κ2) is 9.39. The van der Waals surface area contributed by atoms with Gasteiger partial charge in [-0.15, -0.1) is 0 Å². The van der Waals surface area contributed by atoms with Crippen molar-refractivity contribution in [2.75, 3.05) is 6.54 Å². The molecule has 4 N–H and O–H groups in total. The van der Waals surface area contributed by atoms with Crippen LogP contribution in [0.4, 0.5) is 0 Å². The zero-order valence-electron chi connectivity index (χ0n) is 17.1. The van der Waals surface area contributed by atoms with Gasteiger partial charge in [-0.1, -0.05) is 12.8 Å². The molecule has 2 aliphatic rings. The van der Waals surface area contributed by atoms with Crippen molar-refractivity contribution in [2.24, 2.45) is 23.5 Å². The molecule has 1 aliphatic heterocycles. The van der Waals surface area contributed by atoms with Crippen LogP contribution in [0.2, 0.25) is 0 Å². The van der Waals surface area contributed by atoms with Crippen molar-refractivity contribution in [3.05, 3.63) is 0 Å². The largest absolute Gasteiger partial charge is 0.460 e. The summed E-state index contributed by atoms with van der Waals surface area (Å²) >= 11 is 0. The lowest BCUT2D eigenvalue weighted by Gasteiger charge is -2.27. The van der Waals surface area contributed by atoms with Gasteiger partial charge in [0.15, 0.2) is 0 Å². The van der Waals surface area contributed by atoms with E-state index in [-0.39, 0.29) is 30.6 Å². The first-order valence-electron chi connectivity index (χ1n) is 10.1. The molecular weight excluding hydrogens is 362 g/mol. The highest BCUT2D eigenvalue weighted by atomic mass is 16.6. The van der Waals surface area contributed by atoms with Crippen molar-refractivity contribution >= 4 is 23.7 Å². The SMILES string of the molecule is CC(C)(C)OC(=O)C[C@@H](CC1CC1)C(=O)N[C@@H](C[C@@H]1CCCNC1=O)C(N)=O. The Labute approximate surface area is 166 Å². The third-order valence-electron chi connectivity index (χ3n) is 5.10. The number of ether oxygens (including phenoxy) is 1. The minimum atomic E-state index is -0.929. The first-order chi connectivity index (χ1) is 13.0. The number of carbonyl (C=O) groups excluding carboxylic acids is 4. The van der Waals surface area contributed by atoms with Crippen molar-refractivity contribution in [3.8, 4) is 0 Å². The molecular formula is C20H33N3O5. The lowest BCUT2D eigenvalue weighted by molar-refractivity contribution is -0.157. The first-order valence-corrected chi connectivity index (χ1v) is 10.1. The van der Waals surface area contributed by atoms with E-state index in [0.29, 0.717) is 25.3 Å². The quantitative estimate of drug-likeness (QED) is 0.502. The highest BCUT2D eigenvalue weighted by molar-refractivity contribution is 5.90. The van der Waals surface area contributed by atoms with Gasteiger partial charge in [0.2, 0.25) is 17.7 Å². The topological polar surface area (TPSA) is 128 Å². The van der Waals surface area contributed by atoms with Gasteiger partial charge in [0.05, 0.1) is 6.42 Å². The molecule has 1 heterocycles. The van der Waals surface area contributed by atoms with Crippen LogP contribution in [-0.2, 0) is 23.9 Å². The maximum Gasteiger partial charge on any atom is 0.307 e. The number of rotatable bonds is 9. The van der Waals surface area contributed by atoms with Crippen LogP contribution in [0.1, 0.15) is 65.7 Å². The van der Waals surface area contributed by atoms with Crippen LogP contribution < -0.4 is 16.4 Å². The zero-order chi connectivity index (χ0) is 20.9. The van der Waals surface area contributed by atoms with Crippen LogP contribution in [0.3, 0.4) is 0 Å². The summed E-state index contributed by atoms with van der Waals surface area (Å²) in [6.07, 6.45) is 4.30. The van der Waals surface area contributed by atoms with Gasteiger partial charge in [0, 0.05) is 18.4 Å². The van der Waals surface area contributed by atoms with Gasteiger partial charge in [-0.2, -0.15) is 0 Å². The van der Waals surface area contributed by atoms with Crippen LogP contribution in [-0.4, -0.2) is 41.9 Å². The van der Waals surface area contributed by atoms with Crippen molar-refractivity contribution in [1.29, 1.82) is 0 Å². The molecule has 1 saturated carbocycles. The fraction of sp³-hybridized carbons (Fsp3) is 0.800. The van der Waals surface area contributed by atoms with Crippen LogP contribution >= 0.6 is 0 Å². The number of hydrogen-bond donors (Lipinski definition) is 3. The number of piperidine rings is 1. The van der Waals surface area contributed by atoms with Gasteiger partial charge in [0.1, 0.15) is 11.6 Å². The van der Waals surface area contributed by atoms with E-state index in [9.17, 15) is 19.2 Å². The Bertz CT molecular complexity index is 609. The normalized spacial score (nSPS) is 22.0. The Kier molecular flexibility index (Phi) is 7.43. The van der Waals surface area contributed by atoms with E-state index in [2.05, 4.69) is 10.6 Å². The zero-order valence-corrected chi connectivity index (χ0v) is 17.1. The number of nitrogens with one attached hydrogen (secondary N) is 2. The van der Waals surface area contributed by atoms with Gasteiger partial charge in [0.25, 0.3) is 0 Å². The predicted octanol–water partition coefficient (Wildman–Crippen LogP) is 1.02. The molecule has 158 valence electrons. The number of nitrogens with two attached hydrogens (primary N) is 1. The summed E-state index contributed by atoms with van der Waals surface area (Å²) in [6.45, 7) is 5.96. The van der Waals surface area contributed by atoms with Crippen LogP contribution in [0.5, 0.6) is 0 Å². The molecule has 2 rings (SSSR count). The third kappa shape index (κ3) is 7.48.